The van der Waals surface area contributed by atoms with Crippen LogP contribution in [-0.4, -0.2) is 22.6 Å². The number of esters is 1. The second-order valence-electron chi connectivity index (χ2n) is 14.0. The number of hydrogen-bond acceptors (Lipinski definition) is 4. The van der Waals surface area contributed by atoms with Gasteiger partial charge >= 0.3 is 5.97 Å². The van der Waals surface area contributed by atoms with Crippen LogP contribution in [0, 0.1) is 18.8 Å². The first-order chi connectivity index (χ1) is 18.3. The SMILES string of the molecule is Cc1ccc2c(O[Si](C)(C)C(C)(C)C(C)C)c(C(=O)Oc3ccccc3)cc(O[Si](C)(C)C(C)(C)C(C)C)c2c1. The van der Waals surface area contributed by atoms with E-state index < -0.39 is 22.6 Å². The van der Waals surface area contributed by atoms with Gasteiger partial charge in [-0.1, -0.05) is 91.3 Å². The molecule has 40 heavy (non-hydrogen) atoms. The van der Waals surface area contributed by atoms with Crippen molar-refractivity contribution in [2.24, 2.45) is 11.8 Å². The van der Waals surface area contributed by atoms with E-state index in [-0.39, 0.29) is 10.1 Å². The standard InChI is InChI=1S/C34H50O4Si2/c1-23(2)33(6,7)39(10,11)37-30-22-29(32(35)36-26-17-15-14-16-18-26)31(27-20-19-25(5)21-28(27)30)38-40(12,13)34(8,9)24(3)4/h14-24H,1-13H3. The molecule has 0 saturated carbocycles. The third kappa shape index (κ3) is 6.18. The summed E-state index contributed by atoms with van der Waals surface area (Å²) in [6, 6.07) is 17.4. The number of carbonyl (C=O) groups is 1. The van der Waals surface area contributed by atoms with Crippen molar-refractivity contribution in [3.8, 4) is 17.2 Å². The van der Waals surface area contributed by atoms with Gasteiger partial charge < -0.3 is 13.6 Å². The zero-order valence-electron chi connectivity index (χ0n) is 27.0. The summed E-state index contributed by atoms with van der Waals surface area (Å²) < 4.78 is 20.0. The fraction of sp³-hybridized carbons (Fsp3) is 0.500. The van der Waals surface area contributed by atoms with Crippen LogP contribution in [0.25, 0.3) is 10.8 Å². The van der Waals surface area contributed by atoms with Crippen molar-refractivity contribution >= 4 is 33.4 Å². The fourth-order valence-electron chi connectivity index (χ4n) is 4.66. The van der Waals surface area contributed by atoms with Crippen molar-refractivity contribution in [3.05, 3.63) is 65.7 Å². The highest BCUT2D eigenvalue weighted by Crippen LogP contribution is 2.49. The largest absolute Gasteiger partial charge is 0.543 e. The van der Waals surface area contributed by atoms with Crippen molar-refractivity contribution in [2.75, 3.05) is 0 Å². The van der Waals surface area contributed by atoms with E-state index in [9.17, 15) is 4.79 Å². The molecule has 0 fully saturated rings. The molecule has 0 aliphatic rings. The van der Waals surface area contributed by atoms with E-state index in [4.69, 9.17) is 13.6 Å². The van der Waals surface area contributed by atoms with Gasteiger partial charge in [0.2, 0.25) is 0 Å². The van der Waals surface area contributed by atoms with E-state index in [1.165, 1.54) is 0 Å². The molecule has 0 heterocycles. The molecule has 0 radical (unpaired) electrons. The maximum Gasteiger partial charge on any atom is 0.347 e. The second kappa shape index (κ2) is 11.4. The molecule has 3 aromatic carbocycles. The van der Waals surface area contributed by atoms with Crippen molar-refractivity contribution in [1.29, 1.82) is 0 Å². The molecule has 0 unspecified atom stereocenters. The van der Waals surface area contributed by atoms with Crippen LogP contribution in [0.1, 0.15) is 71.3 Å². The quantitative estimate of drug-likeness (QED) is 0.136. The Morgan fingerprint density at radius 2 is 1.25 bits per heavy atom. The van der Waals surface area contributed by atoms with Gasteiger partial charge in [0, 0.05) is 10.8 Å². The molecule has 0 amide bonds. The molecule has 6 heteroatoms. The summed E-state index contributed by atoms with van der Waals surface area (Å²) in [7, 11) is -4.68. The monoisotopic (exact) mass is 578 g/mol. The lowest BCUT2D eigenvalue weighted by Crippen LogP contribution is -2.48. The first-order valence-electron chi connectivity index (χ1n) is 14.5. The number of hydrogen-bond donors (Lipinski definition) is 0. The first kappa shape index (κ1) is 31.9. The molecule has 3 aromatic rings. The van der Waals surface area contributed by atoms with Crippen molar-refractivity contribution in [2.45, 2.75) is 98.6 Å². The molecule has 0 N–H and O–H groups in total. The average molecular weight is 579 g/mol. The summed E-state index contributed by atoms with van der Waals surface area (Å²) in [5.74, 6) is 2.23. The fourth-order valence-corrected chi connectivity index (χ4v) is 9.42. The number of aryl methyl sites for hydroxylation is 1. The summed E-state index contributed by atoms with van der Waals surface area (Å²) in [5, 5.41) is 1.81. The predicted molar refractivity (Wildman–Crippen MR) is 174 cm³/mol. The normalized spacial score (nSPS) is 13.2. The summed E-state index contributed by atoms with van der Waals surface area (Å²) in [5.41, 5.74) is 1.53. The third-order valence-corrected chi connectivity index (χ3v) is 18.9. The Labute approximate surface area is 244 Å². The van der Waals surface area contributed by atoms with Gasteiger partial charge in [0.05, 0.1) is 0 Å². The van der Waals surface area contributed by atoms with E-state index in [1.807, 2.05) is 24.3 Å². The third-order valence-electron chi connectivity index (χ3n) is 10.1. The minimum absolute atomic E-state index is 0.000770. The van der Waals surface area contributed by atoms with E-state index >= 15 is 0 Å². The van der Waals surface area contributed by atoms with Crippen LogP contribution in [0.3, 0.4) is 0 Å². The van der Waals surface area contributed by atoms with Gasteiger partial charge in [-0.2, -0.15) is 0 Å². The Morgan fingerprint density at radius 3 is 1.77 bits per heavy atom. The van der Waals surface area contributed by atoms with Crippen molar-refractivity contribution < 1.29 is 18.4 Å². The molecule has 0 aromatic heterocycles. The molecule has 218 valence electrons. The molecular formula is C34H50O4Si2. The number of benzene rings is 3. The highest BCUT2D eigenvalue weighted by Gasteiger charge is 2.47. The average Bonchev–Trinajstić information content (AvgIpc) is 2.85. The maximum atomic E-state index is 13.9. The molecule has 3 rings (SSSR count). The molecule has 0 spiro atoms. The Kier molecular flexibility index (Phi) is 9.07. The number of ether oxygens (including phenoxy) is 1. The van der Waals surface area contributed by atoms with Gasteiger partial charge in [0.25, 0.3) is 16.6 Å². The lowest BCUT2D eigenvalue weighted by atomic mass is 9.99. The summed E-state index contributed by atoms with van der Waals surface area (Å²) in [6.07, 6.45) is 0. The number of fused-ring (bicyclic) bond motifs is 1. The van der Waals surface area contributed by atoms with E-state index in [2.05, 4.69) is 107 Å². The number of para-hydroxylation sites is 1. The van der Waals surface area contributed by atoms with Crippen LogP contribution in [0.2, 0.25) is 36.3 Å². The van der Waals surface area contributed by atoms with Gasteiger partial charge in [-0.15, -0.1) is 0 Å². The van der Waals surface area contributed by atoms with Crippen molar-refractivity contribution in [1.82, 2.24) is 0 Å². The molecule has 0 bridgehead atoms. The summed E-state index contributed by atoms with van der Waals surface area (Å²) in [4.78, 5) is 13.9. The Bertz CT molecular complexity index is 1360. The number of rotatable bonds is 10. The lowest BCUT2D eigenvalue weighted by molar-refractivity contribution is 0.0732. The van der Waals surface area contributed by atoms with Gasteiger partial charge in [-0.25, -0.2) is 4.79 Å². The minimum atomic E-state index is -2.38. The highest BCUT2D eigenvalue weighted by atomic mass is 28.4. The molecule has 0 aliphatic heterocycles. The van der Waals surface area contributed by atoms with Crippen LogP contribution in [-0.2, 0) is 0 Å². The topological polar surface area (TPSA) is 44.8 Å². The van der Waals surface area contributed by atoms with Gasteiger partial charge in [0.15, 0.2) is 0 Å². The van der Waals surface area contributed by atoms with Crippen LogP contribution in [0.15, 0.2) is 54.6 Å². The summed E-state index contributed by atoms with van der Waals surface area (Å²) in [6.45, 7) is 29.2. The molecule has 0 atom stereocenters. The van der Waals surface area contributed by atoms with Crippen LogP contribution in [0.5, 0.6) is 17.2 Å². The number of carbonyl (C=O) groups excluding carboxylic acids is 1. The lowest BCUT2D eigenvalue weighted by Gasteiger charge is -2.43. The van der Waals surface area contributed by atoms with E-state index in [0.717, 1.165) is 22.1 Å². The smallest absolute Gasteiger partial charge is 0.347 e. The van der Waals surface area contributed by atoms with Gasteiger partial charge in [-0.05, 0) is 79.3 Å². The van der Waals surface area contributed by atoms with Crippen LogP contribution in [0.4, 0.5) is 0 Å². The Morgan fingerprint density at radius 1 is 0.725 bits per heavy atom. The van der Waals surface area contributed by atoms with Crippen LogP contribution < -0.4 is 13.6 Å². The first-order valence-corrected chi connectivity index (χ1v) is 20.4. The maximum absolute atomic E-state index is 13.9. The molecule has 4 nitrogen and oxygen atoms in total. The second-order valence-corrected chi connectivity index (χ2v) is 23.0. The summed E-state index contributed by atoms with van der Waals surface area (Å²) >= 11 is 0. The van der Waals surface area contributed by atoms with Gasteiger partial charge in [0.1, 0.15) is 22.8 Å². The van der Waals surface area contributed by atoms with Gasteiger partial charge in [-0.3, -0.25) is 0 Å². The zero-order valence-corrected chi connectivity index (χ0v) is 29.0. The Balaban J connectivity index is 2.31. The van der Waals surface area contributed by atoms with E-state index in [1.54, 1.807) is 12.1 Å². The van der Waals surface area contributed by atoms with Crippen molar-refractivity contribution in [3.63, 3.8) is 0 Å². The molecule has 0 aliphatic carbocycles. The molecule has 0 saturated heterocycles. The van der Waals surface area contributed by atoms with E-state index in [0.29, 0.717) is 28.9 Å². The van der Waals surface area contributed by atoms with Crippen LogP contribution >= 0.6 is 0 Å². The zero-order chi connectivity index (χ0) is 30.3. The predicted octanol–water partition coefficient (Wildman–Crippen LogP) is 10.4. The Hall–Kier alpha value is -2.58. The molecular weight excluding hydrogens is 529 g/mol. The minimum Gasteiger partial charge on any atom is -0.543 e. The highest BCUT2D eigenvalue weighted by molar-refractivity contribution is 6.75.